The molecular weight excluding hydrogens is 303 g/mol. The lowest BCUT2D eigenvalue weighted by atomic mass is 10.1. The number of carbonyl (C=O) groups is 2. The summed E-state index contributed by atoms with van der Waals surface area (Å²) in [6.07, 6.45) is 0. The topological polar surface area (TPSA) is 49.4 Å². The van der Waals surface area contributed by atoms with Gasteiger partial charge in [-0.2, -0.15) is 0 Å². The van der Waals surface area contributed by atoms with Gasteiger partial charge in [0.25, 0.3) is 0 Å². The monoisotopic (exact) mass is 312 g/mol. The number of carbonyl (C=O) groups excluding carboxylic acids is 2. The van der Waals surface area contributed by atoms with Gasteiger partial charge in [-0.05, 0) is 7.05 Å². The van der Waals surface area contributed by atoms with Crippen LogP contribution in [0.4, 0.5) is 0 Å². The van der Waals surface area contributed by atoms with E-state index in [4.69, 9.17) is 0 Å². The highest BCUT2D eigenvalue weighted by Gasteiger charge is 2.55. The number of likely N-dealkylation sites (N-methyl/N-ethyl adjacent to an activating group) is 1. The maximum atomic E-state index is 11.5. The lowest BCUT2D eigenvalue weighted by molar-refractivity contribution is -0.149. The van der Waals surface area contributed by atoms with E-state index in [2.05, 4.69) is 5.32 Å². The zero-order chi connectivity index (χ0) is 9.59. The van der Waals surface area contributed by atoms with Crippen molar-refractivity contribution in [2.24, 2.45) is 0 Å². The third-order valence-electron chi connectivity index (χ3n) is 2.41. The van der Waals surface area contributed by atoms with Gasteiger partial charge < -0.3 is 10.2 Å². The fraction of sp³-hybridized carbons (Fsp3) is 0.714. The van der Waals surface area contributed by atoms with E-state index in [9.17, 15) is 9.59 Å². The molecule has 0 aromatic carbocycles. The summed E-state index contributed by atoms with van der Waals surface area (Å²) < 4.78 is 0.0653. The average Bonchev–Trinajstić information content (AvgIpc) is 2.45. The Bertz CT molecular complexity index is 273. The molecule has 0 radical (unpaired) electrons. The summed E-state index contributed by atoms with van der Waals surface area (Å²) in [5.41, 5.74) is 0. The zero-order valence-electron chi connectivity index (χ0n) is 6.99. The number of hydrogen-bond acceptors (Lipinski definition) is 4. The predicted molar refractivity (Wildman–Crippen MR) is 58.8 cm³/mol. The van der Waals surface area contributed by atoms with Crippen molar-refractivity contribution in [1.29, 1.82) is 0 Å². The van der Waals surface area contributed by atoms with Crippen LogP contribution in [0, 0.1) is 0 Å². The molecule has 72 valence electrons. The van der Waals surface area contributed by atoms with E-state index in [1.165, 1.54) is 0 Å². The molecular formula is C7H9IN2O2S. The number of amides is 1. The predicted octanol–water partition coefficient (Wildman–Crippen LogP) is -0.180. The first-order valence-electron chi connectivity index (χ1n) is 3.97. The molecule has 2 aliphatic rings. The average molecular weight is 312 g/mol. The van der Waals surface area contributed by atoms with Crippen molar-refractivity contribution >= 4 is 44.0 Å². The molecule has 3 atom stereocenters. The standard InChI is InChI=1S/C7H9IN2O2S/c1-9-4-6(12)10-3(5(8)11)2-13-7(4)10/h3-4,7,9H,2H2,1H3. The Morgan fingerprint density at radius 2 is 2.46 bits per heavy atom. The number of nitrogens with zero attached hydrogens (tertiary/aromatic N) is 1. The lowest BCUT2D eigenvalue weighted by Crippen LogP contribution is -2.68. The molecule has 0 aromatic heterocycles. The molecule has 0 aromatic rings. The van der Waals surface area contributed by atoms with E-state index in [-0.39, 0.29) is 27.2 Å². The van der Waals surface area contributed by atoms with Crippen LogP contribution in [-0.4, -0.2) is 44.9 Å². The van der Waals surface area contributed by atoms with Gasteiger partial charge in [-0.1, -0.05) is 0 Å². The Morgan fingerprint density at radius 1 is 1.77 bits per heavy atom. The fourth-order valence-electron chi connectivity index (χ4n) is 1.70. The van der Waals surface area contributed by atoms with Crippen molar-refractivity contribution in [3.63, 3.8) is 0 Å². The molecule has 1 N–H and O–H groups in total. The summed E-state index contributed by atoms with van der Waals surface area (Å²) in [6, 6.07) is -0.265. The van der Waals surface area contributed by atoms with Crippen LogP contribution in [0.1, 0.15) is 0 Å². The van der Waals surface area contributed by atoms with Gasteiger partial charge in [0.05, 0.1) is 0 Å². The Labute approximate surface area is 93.9 Å². The smallest absolute Gasteiger partial charge is 0.244 e. The number of hydrogen-bond donors (Lipinski definition) is 1. The molecule has 6 heteroatoms. The van der Waals surface area contributed by atoms with Crippen LogP contribution in [0.5, 0.6) is 0 Å². The van der Waals surface area contributed by atoms with Crippen molar-refractivity contribution in [3.05, 3.63) is 0 Å². The normalized spacial score (nSPS) is 37.2. The molecule has 1 amide bonds. The highest BCUT2D eigenvalue weighted by atomic mass is 127. The number of thioether (sulfide) groups is 1. The Hall–Kier alpha value is 0.180. The molecule has 0 bridgehead atoms. The molecule has 2 saturated heterocycles. The SMILES string of the molecule is CNC1C(=O)N2C(C(=O)I)CSC12. The van der Waals surface area contributed by atoms with Gasteiger partial charge >= 0.3 is 0 Å². The van der Waals surface area contributed by atoms with Gasteiger partial charge in [0.2, 0.25) is 9.70 Å². The van der Waals surface area contributed by atoms with Crippen LogP contribution in [-0.2, 0) is 9.59 Å². The zero-order valence-corrected chi connectivity index (χ0v) is 9.96. The maximum absolute atomic E-state index is 11.5. The molecule has 0 aliphatic carbocycles. The van der Waals surface area contributed by atoms with E-state index >= 15 is 0 Å². The maximum Gasteiger partial charge on any atom is 0.244 e. The quantitative estimate of drug-likeness (QED) is 0.437. The Balaban J connectivity index is 2.12. The molecule has 0 spiro atoms. The minimum atomic E-state index is -0.187. The summed E-state index contributed by atoms with van der Waals surface area (Å²) in [5, 5.41) is 3.14. The largest absolute Gasteiger partial charge is 0.315 e. The molecule has 2 aliphatic heterocycles. The summed E-state index contributed by atoms with van der Waals surface area (Å²) >= 11 is 3.45. The first-order valence-corrected chi connectivity index (χ1v) is 6.10. The number of fused-ring (bicyclic) bond motifs is 1. The molecule has 13 heavy (non-hydrogen) atoms. The third-order valence-corrected chi connectivity index (χ3v) is 4.48. The molecule has 0 saturated carbocycles. The Kier molecular flexibility index (Phi) is 2.54. The first-order chi connectivity index (χ1) is 6.16. The highest BCUT2D eigenvalue weighted by molar-refractivity contribution is 14.1. The van der Waals surface area contributed by atoms with E-state index in [1.54, 1.807) is 46.3 Å². The van der Waals surface area contributed by atoms with Crippen molar-refractivity contribution in [3.8, 4) is 0 Å². The number of nitrogens with one attached hydrogen (secondary N) is 1. The van der Waals surface area contributed by atoms with Crippen LogP contribution in [0.3, 0.4) is 0 Å². The molecule has 2 rings (SSSR count). The lowest BCUT2D eigenvalue weighted by Gasteiger charge is -2.43. The van der Waals surface area contributed by atoms with Crippen LogP contribution in [0.25, 0.3) is 0 Å². The van der Waals surface area contributed by atoms with E-state index in [0.29, 0.717) is 0 Å². The second-order valence-electron chi connectivity index (χ2n) is 3.06. The molecule has 2 heterocycles. The van der Waals surface area contributed by atoms with Gasteiger partial charge in [-0.15, -0.1) is 11.8 Å². The van der Waals surface area contributed by atoms with Crippen molar-refractivity contribution < 1.29 is 9.59 Å². The van der Waals surface area contributed by atoms with E-state index in [0.717, 1.165) is 5.75 Å². The van der Waals surface area contributed by atoms with Gasteiger partial charge in [-0.3, -0.25) is 9.59 Å². The van der Waals surface area contributed by atoms with Crippen molar-refractivity contribution in [2.75, 3.05) is 12.8 Å². The summed E-state index contributed by atoms with van der Waals surface area (Å²) in [4.78, 5) is 24.3. The van der Waals surface area contributed by atoms with E-state index < -0.39 is 0 Å². The molecule has 4 nitrogen and oxygen atoms in total. The van der Waals surface area contributed by atoms with E-state index in [1.807, 2.05) is 0 Å². The number of rotatable bonds is 2. The summed E-state index contributed by atoms with van der Waals surface area (Å²) in [6.45, 7) is 0. The van der Waals surface area contributed by atoms with Gasteiger partial charge in [0, 0.05) is 28.3 Å². The second-order valence-corrected chi connectivity index (χ2v) is 5.27. The Morgan fingerprint density at radius 3 is 3.00 bits per heavy atom. The van der Waals surface area contributed by atoms with Gasteiger partial charge in [0.15, 0.2) is 0 Å². The van der Waals surface area contributed by atoms with Crippen LogP contribution in [0.15, 0.2) is 0 Å². The fourth-order valence-corrected chi connectivity index (χ4v) is 4.07. The van der Waals surface area contributed by atoms with Crippen molar-refractivity contribution in [1.82, 2.24) is 10.2 Å². The minimum absolute atomic E-state index is 0.0625. The summed E-state index contributed by atoms with van der Waals surface area (Å²) in [7, 11) is 1.78. The van der Waals surface area contributed by atoms with Gasteiger partial charge in [-0.25, -0.2) is 0 Å². The minimum Gasteiger partial charge on any atom is -0.315 e. The van der Waals surface area contributed by atoms with Crippen LogP contribution < -0.4 is 5.32 Å². The molecule has 3 unspecified atom stereocenters. The second kappa shape index (κ2) is 3.39. The first kappa shape index (κ1) is 9.72. The highest BCUT2D eigenvalue weighted by Crippen LogP contribution is 2.40. The summed E-state index contributed by atoms with van der Waals surface area (Å²) in [5.74, 6) is 0.809. The number of halogens is 1. The number of β-lactam (4-membered cyclic amide) rings is 1. The van der Waals surface area contributed by atoms with Crippen LogP contribution in [0.2, 0.25) is 0 Å². The van der Waals surface area contributed by atoms with Gasteiger partial charge in [0.1, 0.15) is 17.5 Å². The van der Waals surface area contributed by atoms with Crippen molar-refractivity contribution in [2.45, 2.75) is 17.5 Å². The molecule has 2 fully saturated rings. The van der Waals surface area contributed by atoms with Crippen LogP contribution >= 0.6 is 34.4 Å². The third kappa shape index (κ3) is 1.30.